The first-order valence-corrected chi connectivity index (χ1v) is 15.7. The lowest BCUT2D eigenvalue weighted by atomic mass is 9.95. The number of carbonyl (C=O) groups excluding carboxylic acids is 4. The van der Waals surface area contributed by atoms with E-state index in [0.29, 0.717) is 27.8 Å². The van der Waals surface area contributed by atoms with Crippen LogP contribution in [0.2, 0.25) is 0 Å². The first-order valence-electron chi connectivity index (χ1n) is 15.7. The Kier molecular flexibility index (Phi) is 12.1. The summed E-state index contributed by atoms with van der Waals surface area (Å²) in [6.07, 6.45) is 0.603. The van der Waals surface area contributed by atoms with Crippen LogP contribution in [0.4, 0.5) is 13.2 Å². The summed E-state index contributed by atoms with van der Waals surface area (Å²) in [5.41, 5.74) is 1.24. The lowest BCUT2D eigenvalue weighted by Crippen LogP contribution is -2.14. The van der Waals surface area contributed by atoms with Gasteiger partial charge in [0.1, 0.15) is 23.0 Å². The van der Waals surface area contributed by atoms with Crippen molar-refractivity contribution in [3.63, 3.8) is 0 Å². The molecule has 0 fully saturated rings. The van der Waals surface area contributed by atoms with Crippen molar-refractivity contribution in [2.45, 2.75) is 33.9 Å². The van der Waals surface area contributed by atoms with Gasteiger partial charge in [-0.15, -0.1) is 0 Å². The van der Waals surface area contributed by atoms with Gasteiger partial charge < -0.3 is 18.9 Å². The van der Waals surface area contributed by atoms with Crippen LogP contribution in [0.5, 0.6) is 23.0 Å². The van der Waals surface area contributed by atoms with Crippen LogP contribution < -0.4 is 18.9 Å². The highest BCUT2D eigenvalue weighted by molar-refractivity contribution is 5.92. The predicted molar refractivity (Wildman–Crippen MR) is 190 cm³/mol. The summed E-state index contributed by atoms with van der Waals surface area (Å²) in [5, 5.41) is 0. The molecule has 0 heterocycles. The number of carbonyl (C=O) groups is 4. The third kappa shape index (κ3) is 9.60. The van der Waals surface area contributed by atoms with Gasteiger partial charge in [-0.2, -0.15) is 13.2 Å². The molecular formula is C41H33F3O8. The fourth-order valence-electron chi connectivity index (χ4n) is 4.68. The first-order chi connectivity index (χ1) is 24.6. The van der Waals surface area contributed by atoms with E-state index in [1.54, 1.807) is 50.2 Å². The van der Waals surface area contributed by atoms with Crippen LogP contribution in [0.3, 0.4) is 0 Å². The molecule has 4 aromatic carbocycles. The molecule has 0 aliphatic heterocycles. The molecule has 0 bridgehead atoms. The van der Waals surface area contributed by atoms with Crippen molar-refractivity contribution < 1.29 is 51.3 Å². The molecular weight excluding hydrogens is 677 g/mol. The van der Waals surface area contributed by atoms with Gasteiger partial charge in [-0.3, -0.25) is 0 Å². The highest BCUT2D eigenvalue weighted by Crippen LogP contribution is 2.43. The Morgan fingerprint density at radius 2 is 0.981 bits per heavy atom. The summed E-state index contributed by atoms with van der Waals surface area (Å²) in [7, 11) is 0. The van der Waals surface area contributed by atoms with Crippen molar-refractivity contribution in [2.75, 3.05) is 0 Å². The second kappa shape index (κ2) is 16.5. The quantitative estimate of drug-likeness (QED) is 0.0861. The fraction of sp³-hybridized carbons (Fsp3) is 0.122. The molecule has 4 aromatic rings. The van der Waals surface area contributed by atoms with E-state index in [4.69, 9.17) is 18.9 Å². The van der Waals surface area contributed by atoms with Crippen LogP contribution in [0, 0.1) is 0 Å². The van der Waals surface area contributed by atoms with Gasteiger partial charge in [-0.25, -0.2) is 19.2 Å². The molecule has 8 nitrogen and oxygen atoms in total. The number of esters is 4. The monoisotopic (exact) mass is 710 g/mol. The fourth-order valence-corrected chi connectivity index (χ4v) is 4.68. The van der Waals surface area contributed by atoms with Gasteiger partial charge in [0.25, 0.3) is 0 Å². The molecule has 0 amide bonds. The van der Waals surface area contributed by atoms with Gasteiger partial charge >= 0.3 is 30.1 Å². The van der Waals surface area contributed by atoms with Crippen LogP contribution in [0.1, 0.15) is 33.3 Å². The summed E-state index contributed by atoms with van der Waals surface area (Å²) < 4.78 is 63.6. The molecule has 0 saturated carbocycles. The van der Waals surface area contributed by atoms with Crippen molar-refractivity contribution >= 4 is 23.9 Å². The number of allylic oxidation sites excluding steroid dienone is 2. The summed E-state index contributed by atoms with van der Waals surface area (Å²) in [4.78, 5) is 49.3. The number of ether oxygens (including phenoxy) is 4. The molecule has 0 aliphatic rings. The molecule has 52 heavy (non-hydrogen) atoms. The molecule has 0 aromatic heterocycles. The average Bonchev–Trinajstić information content (AvgIpc) is 3.09. The van der Waals surface area contributed by atoms with E-state index in [1.807, 2.05) is 0 Å². The zero-order valence-electron chi connectivity index (χ0n) is 28.6. The van der Waals surface area contributed by atoms with Crippen LogP contribution >= 0.6 is 0 Å². The van der Waals surface area contributed by atoms with Gasteiger partial charge in [-0.1, -0.05) is 67.8 Å². The molecule has 4 rings (SSSR count). The zero-order valence-corrected chi connectivity index (χ0v) is 28.6. The van der Waals surface area contributed by atoms with E-state index < -0.39 is 41.4 Å². The third-order valence-corrected chi connectivity index (χ3v) is 7.20. The maximum atomic E-state index is 14.0. The number of rotatable bonds is 11. The number of halogens is 3. The molecule has 266 valence electrons. The van der Waals surface area contributed by atoms with E-state index >= 15 is 0 Å². The SMILES string of the molecule is C=C(C)C(=O)Oc1ccc(-c2cc(OC(=O)/C=C/C)c(-c3ccc(-c4ccc(OC(=O)C(=C)C)c(C(F)(F)F)c4)cc3)cc2OC(=O)/C=C/C)cc1. The standard InChI is InChI=1S/C41H33F3O8/c1-7-9-37(45)50-35-23-32(28-15-18-30(19-16-28)49-39(47)24(3)4)36(51-38(46)10-8-2)22-31(35)27-13-11-26(12-14-27)29-17-20-34(52-40(48)25(5)6)33(21-29)41(42,43)44/h7-23H,3,5H2,1-2,4,6H3/b9-7+,10-8+. The largest absolute Gasteiger partial charge is 0.423 e. The highest BCUT2D eigenvalue weighted by Gasteiger charge is 2.35. The lowest BCUT2D eigenvalue weighted by Gasteiger charge is -2.17. The van der Waals surface area contributed by atoms with E-state index in [2.05, 4.69) is 13.2 Å². The smallest absolute Gasteiger partial charge is 0.420 e. The molecule has 0 radical (unpaired) electrons. The van der Waals surface area contributed by atoms with Gasteiger partial charge in [0.2, 0.25) is 0 Å². The molecule has 0 spiro atoms. The Balaban J connectivity index is 1.83. The third-order valence-electron chi connectivity index (χ3n) is 7.20. The second-order valence-corrected chi connectivity index (χ2v) is 11.3. The van der Waals surface area contributed by atoms with E-state index in [-0.39, 0.29) is 34.0 Å². The molecule has 0 atom stereocenters. The Labute approximate surface area is 298 Å². The van der Waals surface area contributed by atoms with E-state index in [9.17, 15) is 32.3 Å². The van der Waals surface area contributed by atoms with Crippen LogP contribution in [-0.2, 0) is 25.4 Å². The maximum Gasteiger partial charge on any atom is 0.420 e. The van der Waals surface area contributed by atoms with Crippen molar-refractivity contribution in [1.29, 1.82) is 0 Å². The zero-order chi connectivity index (χ0) is 38.2. The minimum absolute atomic E-state index is 0.0594. The Morgan fingerprint density at radius 3 is 1.42 bits per heavy atom. The second-order valence-electron chi connectivity index (χ2n) is 11.3. The van der Waals surface area contributed by atoms with Gasteiger partial charge in [0, 0.05) is 34.4 Å². The van der Waals surface area contributed by atoms with Crippen molar-refractivity contribution in [3.05, 3.63) is 133 Å². The molecule has 0 aliphatic carbocycles. The first kappa shape index (κ1) is 38.3. The van der Waals surface area contributed by atoms with Gasteiger partial charge in [-0.05, 0) is 86.3 Å². The molecule has 0 saturated heterocycles. The topological polar surface area (TPSA) is 105 Å². The number of hydrogen-bond acceptors (Lipinski definition) is 8. The number of alkyl halides is 3. The van der Waals surface area contributed by atoms with Crippen LogP contribution in [-0.4, -0.2) is 23.9 Å². The van der Waals surface area contributed by atoms with Gasteiger partial charge in [0.05, 0.1) is 5.56 Å². The lowest BCUT2D eigenvalue weighted by molar-refractivity contribution is -0.141. The minimum atomic E-state index is -4.83. The van der Waals surface area contributed by atoms with Crippen LogP contribution in [0.25, 0.3) is 33.4 Å². The predicted octanol–water partition coefficient (Wildman–Crippen LogP) is 9.63. The minimum Gasteiger partial charge on any atom is -0.423 e. The maximum absolute atomic E-state index is 14.0. The highest BCUT2D eigenvalue weighted by atomic mass is 19.4. The van der Waals surface area contributed by atoms with Crippen molar-refractivity contribution in [2.24, 2.45) is 0 Å². The molecule has 0 N–H and O–H groups in total. The number of benzene rings is 4. The Bertz CT molecular complexity index is 2110. The van der Waals surface area contributed by atoms with E-state index in [1.165, 1.54) is 68.5 Å². The Morgan fingerprint density at radius 1 is 0.558 bits per heavy atom. The van der Waals surface area contributed by atoms with Crippen LogP contribution in [0.15, 0.2) is 127 Å². The van der Waals surface area contributed by atoms with E-state index in [0.717, 1.165) is 12.1 Å². The van der Waals surface area contributed by atoms with Crippen molar-refractivity contribution in [1.82, 2.24) is 0 Å². The summed E-state index contributed by atoms with van der Waals surface area (Å²) >= 11 is 0. The van der Waals surface area contributed by atoms with Crippen molar-refractivity contribution in [3.8, 4) is 56.4 Å². The van der Waals surface area contributed by atoms with Gasteiger partial charge in [0.15, 0.2) is 0 Å². The molecule has 0 unspecified atom stereocenters. The summed E-state index contributed by atoms with van der Waals surface area (Å²) in [6, 6.07) is 19.0. The summed E-state index contributed by atoms with van der Waals surface area (Å²) in [5.74, 6) is -3.22. The summed E-state index contributed by atoms with van der Waals surface area (Å²) in [6.45, 7) is 13.1. The number of hydrogen-bond donors (Lipinski definition) is 0. The molecule has 11 heteroatoms. The average molecular weight is 711 g/mol. The Hall–Kier alpha value is -6.49. The normalized spacial score (nSPS) is 11.3.